The number of carboxylic acids is 1. The zero-order valence-electron chi connectivity index (χ0n) is 12.3. The summed E-state index contributed by atoms with van der Waals surface area (Å²) < 4.78 is 5.71. The maximum atomic E-state index is 10.9. The largest absolute Gasteiger partial charge is 0.478 e. The average Bonchev–Trinajstić information content (AvgIpc) is 2.42. The molecule has 4 heteroatoms. The second-order valence-electron chi connectivity index (χ2n) is 5.40. The van der Waals surface area contributed by atoms with E-state index in [2.05, 4.69) is 4.90 Å². The van der Waals surface area contributed by atoms with E-state index in [0.29, 0.717) is 11.7 Å². The standard InChI is InChI=1S/C16H23NO3/c1-3-20-15-5-4-8-17(11-15)10-14-7-6-13(16(18)19)9-12(14)2/h6-7,9,15H,3-5,8,10-11H2,1-2H3,(H,18,19). The Labute approximate surface area is 120 Å². The van der Waals surface area contributed by atoms with E-state index in [1.54, 1.807) is 12.1 Å². The molecule has 1 aromatic carbocycles. The molecule has 0 amide bonds. The second-order valence-corrected chi connectivity index (χ2v) is 5.40. The minimum atomic E-state index is -0.867. The Balaban J connectivity index is 2.00. The van der Waals surface area contributed by atoms with Crippen LogP contribution >= 0.6 is 0 Å². The van der Waals surface area contributed by atoms with Gasteiger partial charge in [-0.3, -0.25) is 4.90 Å². The Bertz CT molecular complexity index is 471. The van der Waals surface area contributed by atoms with Gasteiger partial charge in [-0.1, -0.05) is 6.07 Å². The summed E-state index contributed by atoms with van der Waals surface area (Å²) in [6.45, 7) is 7.71. The fourth-order valence-electron chi connectivity index (χ4n) is 2.78. The van der Waals surface area contributed by atoms with E-state index in [4.69, 9.17) is 9.84 Å². The van der Waals surface area contributed by atoms with E-state index in [-0.39, 0.29) is 0 Å². The van der Waals surface area contributed by atoms with E-state index in [1.165, 1.54) is 5.56 Å². The predicted octanol–water partition coefficient (Wildman–Crippen LogP) is 2.69. The van der Waals surface area contributed by atoms with Gasteiger partial charge in [-0.15, -0.1) is 0 Å². The maximum absolute atomic E-state index is 10.9. The number of likely N-dealkylation sites (tertiary alicyclic amines) is 1. The molecule has 20 heavy (non-hydrogen) atoms. The van der Waals surface area contributed by atoms with Crippen molar-refractivity contribution in [2.45, 2.75) is 39.3 Å². The number of benzene rings is 1. The molecule has 4 nitrogen and oxygen atoms in total. The number of nitrogens with zero attached hydrogens (tertiary/aromatic N) is 1. The molecule has 0 saturated carbocycles. The van der Waals surface area contributed by atoms with Gasteiger partial charge in [0.2, 0.25) is 0 Å². The van der Waals surface area contributed by atoms with Crippen molar-refractivity contribution in [2.24, 2.45) is 0 Å². The highest BCUT2D eigenvalue weighted by Gasteiger charge is 2.20. The summed E-state index contributed by atoms with van der Waals surface area (Å²) in [5.41, 5.74) is 2.60. The van der Waals surface area contributed by atoms with Crippen molar-refractivity contribution >= 4 is 5.97 Å². The number of carboxylic acid groups (broad SMARTS) is 1. The van der Waals surface area contributed by atoms with Gasteiger partial charge >= 0.3 is 5.97 Å². The van der Waals surface area contributed by atoms with Gasteiger partial charge in [-0.05, 0) is 56.5 Å². The zero-order valence-corrected chi connectivity index (χ0v) is 12.3. The molecule has 1 heterocycles. The lowest BCUT2D eigenvalue weighted by molar-refractivity contribution is 0.00358. The van der Waals surface area contributed by atoms with E-state index in [1.807, 2.05) is 19.9 Å². The van der Waals surface area contributed by atoms with Crippen molar-refractivity contribution in [3.63, 3.8) is 0 Å². The molecule has 0 aliphatic carbocycles. The summed E-state index contributed by atoms with van der Waals surface area (Å²) in [6.07, 6.45) is 2.64. The van der Waals surface area contributed by atoms with Gasteiger partial charge in [-0.2, -0.15) is 0 Å². The lowest BCUT2D eigenvalue weighted by Crippen LogP contribution is -2.39. The molecular formula is C16H23NO3. The van der Waals surface area contributed by atoms with E-state index < -0.39 is 5.97 Å². The van der Waals surface area contributed by atoms with Gasteiger partial charge in [0.25, 0.3) is 0 Å². The van der Waals surface area contributed by atoms with E-state index in [0.717, 1.165) is 44.6 Å². The summed E-state index contributed by atoms with van der Waals surface area (Å²) >= 11 is 0. The van der Waals surface area contributed by atoms with Crippen LogP contribution in [0.5, 0.6) is 0 Å². The molecule has 2 rings (SSSR count). The van der Waals surface area contributed by atoms with E-state index in [9.17, 15) is 4.79 Å². The number of aromatic carboxylic acids is 1. The van der Waals surface area contributed by atoms with Crippen LogP contribution in [0.15, 0.2) is 18.2 Å². The maximum Gasteiger partial charge on any atom is 0.335 e. The first-order valence-corrected chi connectivity index (χ1v) is 7.27. The minimum absolute atomic E-state index is 0.340. The van der Waals surface area contributed by atoms with Crippen LogP contribution < -0.4 is 0 Å². The number of piperidine rings is 1. The smallest absolute Gasteiger partial charge is 0.335 e. The molecule has 1 saturated heterocycles. The van der Waals surface area contributed by atoms with E-state index >= 15 is 0 Å². The molecule has 0 spiro atoms. The van der Waals surface area contributed by atoms with Gasteiger partial charge in [-0.25, -0.2) is 4.79 Å². The first-order chi connectivity index (χ1) is 9.60. The zero-order chi connectivity index (χ0) is 14.5. The molecule has 0 aromatic heterocycles. The molecule has 1 aliphatic rings. The van der Waals surface area contributed by atoms with Gasteiger partial charge in [0.05, 0.1) is 11.7 Å². The van der Waals surface area contributed by atoms with Crippen LogP contribution in [0.4, 0.5) is 0 Å². The van der Waals surface area contributed by atoms with Crippen molar-refractivity contribution in [1.82, 2.24) is 4.90 Å². The lowest BCUT2D eigenvalue weighted by Gasteiger charge is -2.32. The topological polar surface area (TPSA) is 49.8 Å². The predicted molar refractivity (Wildman–Crippen MR) is 78.1 cm³/mol. The summed E-state index contributed by atoms with van der Waals surface area (Å²) in [5, 5.41) is 8.99. The number of hydrogen-bond donors (Lipinski definition) is 1. The number of aryl methyl sites for hydroxylation is 1. The Morgan fingerprint density at radius 2 is 2.30 bits per heavy atom. The molecule has 0 radical (unpaired) electrons. The van der Waals surface area contributed by atoms with Crippen molar-refractivity contribution in [2.75, 3.05) is 19.7 Å². The number of carbonyl (C=O) groups is 1. The molecule has 0 bridgehead atoms. The summed E-state index contributed by atoms with van der Waals surface area (Å²) in [4.78, 5) is 13.3. The number of ether oxygens (including phenoxy) is 1. The van der Waals surface area contributed by atoms with Crippen LogP contribution in [0.1, 0.15) is 41.3 Å². The van der Waals surface area contributed by atoms with Crippen LogP contribution in [0.3, 0.4) is 0 Å². The third-order valence-corrected chi connectivity index (χ3v) is 3.85. The molecule has 1 aromatic rings. The SMILES string of the molecule is CCOC1CCCN(Cc2ccc(C(=O)O)cc2C)C1. The van der Waals surface area contributed by atoms with Crippen LogP contribution in [-0.2, 0) is 11.3 Å². The lowest BCUT2D eigenvalue weighted by atomic mass is 10.0. The van der Waals surface area contributed by atoms with Gasteiger partial charge < -0.3 is 9.84 Å². The Kier molecular flexibility index (Phi) is 5.15. The molecule has 110 valence electrons. The van der Waals surface area contributed by atoms with Crippen molar-refractivity contribution in [3.05, 3.63) is 34.9 Å². The highest BCUT2D eigenvalue weighted by molar-refractivity contribution is 5.87. The van der Waals surface area contributed by atoms with Crippen LogP contribution in [0.2, 0.25) is 0 Å². The second kappa shape index (κ2) is 6.86. The molecule has 1 aliphatic heterocycles. The Morgan fingerprint density at radius 1 is 1.50 bits per heavy atom. The number of rotatable bonds is 5. The highest BCUT2D eigenvalue weighted by atomic mass is 16.5. The monoisotopic (exact) mass is 277 g/mol. The first kappa shape index (κ1) is 15.0. The quantitative estimate of drug-likeness (QED) is 0.899. The third kappa shape index (κ3) is 3.81. The normalized spacial score (nSPS) is 20.0. The molecule has 1 fully saturated rings. The highest BCUT2D eigenvalue weighted by Crippen LogP contribution is 2.18. The van der Waals surface area contributed by atoms with Gasteiger partial charge in [0, 0.05) is 19.7 Å². The Morgan fingerprint density at radius 3 is 2.95 bits per heavy atom. The van der Waals surface area contributed by atoms with Crippen LogP contribution in [0.25, 0.3) is 0 Å². The summed E-state index contributed by atoms with van der Waals surface area (Å²) in [7, 11) is 0. The average molecular weight is 277 g/mol. The van der Waals surface area contributed by atoms with Gasteiger partial charge in [0.15, 0.2) is 0 Å². The molecule has 1 atom stereocenters. The molecule has 1 N–H and O–H groups in total. The van der Waals surface area contributed by atoms with Crippen LogP contribution in [0, 0.1) is 6.92 Å². The minimum Gasteiger partial charge on any atom is -0.478 e. The molecule has 1 unspecified atom stereocenters. The van der Waals surface area contributed by atoms with Gasteiger partial charge in [0.1, 0.15) is 0 Å². The van der Waals surface area contributed by atoms with Crippen molar-refractivity contribution < 1.29 is 14.6 Å². The fourth-order valence-corrected chi connectivity index (χ4v) is 2.78. The summed E-state index contributed by atoms with van der Waals surface area (Å²) in [5.74, 6) is -0.867. The third-order valence-electron chi connectivity index (χ3n) is 3.85. The van der Waals surface area contributed by atoms with Crippen molar-refractivity contribution in [3.8, 4) is 0 Å². The van der Waals surface area contributed by atoms with Crippen molar-refractivity contribution in [1.29, 1.82) is 0 Å². The fraction of sp³-hybridized carbons (Fsp3) is 0.562. The summed E-state index contributed by atoms with van der Waals surface area (Å²) in [6, 6.07) is 5.37. The molecular weight excluding hydrogens is 254 g/mol. The van der Waals surface area contributed by atoms with Crippen LogP contribution in [-0.4, -0.2) is 41.8 Å². The Hall–Kier alpha value is -1.39. The first-order valence-electron chi connectivity index (χ1n) is 7.27. The number of hydrogen-bond acceptors (Lipinski definition) is 3.